The first-order valence-electron chi connectivity index (χ1n) is 10.6. The fourth-order valence-electron chi connectivity index (χ4n) is 3.52. The molecule has 7 heteroatoms. The maximum Gasteiger partial charge on any atom is 0.253 e. The number of thiophene rings is 1. The zero-order valence-electron chi connectivity index (χ0n) is 17.9. The van der Waals surface area contributed by atoms with Crippen LogP contribution in [0.1, 0.15) is 59.8 Å². The van der Waals surface area contributed by atoms with Crippen molar-refractivity contribution in [3.63, 3.8) is 0 Å². The van der Waals surface area contributed by atoms with Gasteiger partial charge in [-0.15, -0.1) is 35.3 Å². The van der Waals surface area contributed by atoms with Crippen LogP contribution in [-0.2, 0) is 6.54 Å². The minimum absolute atomic E-state index is 0. The summed E-state index contributed by atoms with van der Waals surface area (Å²) < 4.78 is 0. The Morgan fingerprint density at radius 3 is 2.67 bits per heavy atom. The van der Waals surface area contributed by atoms with E-state index in [4.69, 9.17) is 4.99 Å². The maximum atomic E-state index is 12.7. The Kier molecular flexibility index (Phi) is 10.6. The van der Waals surface area contributed by atoms with Crippen molar-refractivity contribution >= 4 is 47.2 Å². The second-order valence-corrected chi connectivity index (χ2v) is 8.53. The summed E-state index contributed by atoms with van der Waals surface area (Å²) in [6.45, 7) is 8.22. The Morgan fingerprint density at radius 1 is 1.17 bits per heavy atom. The van der Waals surface area contributed by atoms with Crippen molar-refractivity contribution in [3.05, 3.63) is 57.8 Å². The topological polar surface area (TPSA) is 56.7 Å². The molecule has 1 aromatic carbocycles. The molecule has 1 aliphatic rings. The van der Waals surface area contributed by atoms with Gasteiger partial charge in [0.1, 0.15) is 0 Å². The van der Waals surface area contributed by atoms with E-state index in [-0.39, 0.29) is 29.9 Å². The summed E-state index contributed by atoms with van der Waals surface area (Å²) in [5, 5.41) is 8.86. The zero-order chi connectivity index (χ0) is 20.5. The van der Waals surface area contributed by atoms with Gasteiger partial charge in [-0.25, -0.2) is 4.99 Å². The molecule has 0 saturated carbocycles. The highest BCUT2D eigenvalue weighted by Gasteiger charge is 2.18. The Morgan fingerprint density at radius 2 is 1.97 bits per heavy atom. The van der Waals surface area contributed by atoms with Crippen LogP contribution >= 0.6 is 35.3 Å². The quantitative estimate of drug-likeness (QED) is 0.300. The molecular formula is C23H33IN4OS. The molecule has 2 N–H and O–H groups in total. The Hall–Kier alpha value is -1.61. The summed E-state index contributed by atoms with van der Waals surface area (Å²) in [5.74, 6) is 1.39. The number of piperidine rings is 1. The maximum absolute atomic E-state index is 12.7. The van der Waals surface area contributed by atoms with Crippen LogP contribution in [0.5, 0.6) is 0 Å². The van der Waals surface area contributed by atoms with Crippen molar-refractivity contribution < 1.29 is 4.79 Å². The van der Waals surface area contributed by atoms with Gasteiger partial charge >= 0.3 is 0 Å². The molecule has 1 unspecified atom stereocenters. The van der Waals surface area contributed by atoms with Crippen LogP contribution < -0.4 is 10.6 Å². The van der Waals surface area contributed by atoms with Crippen molar-refractivity contribution in [2.75, 3.05) is 26.2 Å². The van der Waals surface area contributed by atoms with Gasteiger partial charge in [-0.1, -0.05) is 25.1 Å². The van der Waals surface area contributed by atoms with Gasteiger partial charge in [-0.05, 0) is 55.3 Å². The predicted octanol–water partition coefficient (Wildman–Crippen LogP) is 4.85. The molecular weight excluding hydrogens is 507 g/mol. The third-order valence-electron chi connectivity index (χ3n) is 5.19. The first kappa shape index (κ1) is 24.7. The molecule has 0 aliphatic carbocycles. The molecule has 5 nitrogen and oxygen atoms in total. The van der Waals surface area contributed by atoms with E-state index in [2.05, 4.69) is 42.0 Å². The Bertz CT molecular complexity index is 803. The normalized spacial score (nSPS) is 15.3. The zero-order valence-corrected chi connectivity index (χ0v) is 21.0. The predicted molar refractivity (Wildman–Crippen MR) is 137 cm³/mol. The number of carbonyl (C=O) groups is 1. The molecule has 164 valence electrons. The van der Waals surface area contributed by atoms with Gasteiger partial charge in [0.15, 0.2) is 5.96 Å². The lowest BCUT2D eigenvalue weighted by atomic mass is 10.1. The number of likely N-dealkylation sites (tertiary alicyclic amines) is 1. The number of hydrogen-bond donors (Lipinski definition) is 2. The third kappa shape index (κ3) is 7.27. The number of rotatable bonds is 7. The fourth-order valence-corrected chi connectivity index (χ4v) is 4.30. The molecule has 2 heterocycles. The molecule has 0 spiro atoms. The summed E-state index contributed by atoms with van der Waals surface area (Å²) >= 11 is 1.79. The second-order valence-electron chi connectivity index (χ2n) is 7.55. The van der Waals surface area contributed by atoms with E-state index in [0.29, 0.717) is 12.5 Å². The van der Waals surface area contributed by atoms with E-state index in [9.17, 15) is 4.79 Å². The second kappa shape index (κ2) is 12.9. The van der Waals surface area contributed by atoms with E-state index in [1.165, 1.54) is 11.3 Å². The Labute approximate surface area is 201 Å². The first-order chi connectivity index (χ1) is 14.2. The fraction of sp³-hybridized carbons (Fsp3) is 0.478. The number of guanidine groups is 1. The van der Waals surface area contributed by atoms with E-state index in [0.717, 1.165) is 56.1 Å². The average Bonchev–Trinajstić information content (AvgIpc) is 3.31. The van der Waals surface area contributed by atoms with Gasteiger partial charge in [-0.2, -0.15) is 0 Å². The smallest absolute Gasteiger partial charge is 0.253 e. The number of carbonyl (C=O) groups excluding carboxylic acids is 1. The summed E-state index contributed by atoms with van der Waals surface area (Å²) in [6, 6.07) is 12.2. The van der Waals surface area contributed by atoms with E-state index < -0.39 is 0 Å². The van der Waals surface area contributed by atoms with Gasteiger partial charge in [0, 0.05) is 42.5 Å². The van der Waals surface area contributed by atoms with Crippen LogP contribution in [0.25, 0.3) is 0 Å². The molecule has 30 heavy (non-hydrogen) atoms. The number of aliphatic imine (C=N–C) groups is 1. The van der Waals surface area contributed by atoms with E-state index in [1.54, 1.807) is 11.3 Å². The van der Waals surface area contributed by atoms with Crippen LogP contribution in [0.3, 0.4) is 0 Å². The molecule has 2 aromatic rings. The molecule has 0 bridgehead atoms. The van der Waals surface area contributed by atoms with Crippen molar-refractivity contribution in [2.24, 2.45) is 4.99 Å². The van der Waals surface area contributed by atoms with E-state index in [1.807, 2.05) is 29.2 Å². The molecule has 3 rings (SSSR count). The summed E-state index contributed by atoms with van der Waals surface area (Å²) in [6.07, 6.45) is 3.44. The third-order valence-corrected chi connectivity index (χ3v) is 6.29. The summed E-state index contributed by atoms with van der Waals surface area (Å²) in [5.41, 5.74) is 1.82. The number of nitrogens with zero attached hydrogens (tertiary/aromatic N) is 2. The van der Waals surface area contributed by atoms with Crippen molar-refractivity contribution in [2.45, 2.75) is 45.6 Å². The highest BCUT2D eigenvalue weighted by molar-refractivity contribution is 14.0. The van der Waals surface area contributed by atoms with Crippen molar-refractivity contribution in [1.29, 1.82) is 0 Å². The van der Waals surface area contributed by atoms with Crippen LogP contribution in [0.2, 0.25) is 0 Å². The largest absolute Gasteiger partial charge is 0.357 e. The number of nitrogens with one attached hydrogen (secondary N) is 2. The number of amides is 1. The molecule has 1 aliphatic heterocycles. The monoisotopic (exact) mass is 540 g/mol. The number of halogens is 1. The van der Waals surface area contributed by atoms with Crippen LogP contribution in [-0.4, -0.2) is 42.9 Å². The van der Waals surface area contributed by atoms with Gasteiger partial charge < -0.3 is 15.5 Å². The lowest BCUT2D eigenvalue weighted by Gasteiger charge is -2.26. The number of benzene rings is 1. The Balaban J connectivity index is 0.00000320. The summed E-state index contributed by atoms with van der Waals surface area (Å²) in [4.78, 5) is 20.8. The molecule has 1 saturated heterocycles. The van der Waals surface area contributed by atoms with Gasteiger partial charge in [0.25, 0.3) is 5.91 Å². The van der Waals surface area contributed by atoms with Crippen molar-refractivity contribution in [3.8, 4) is 0 Å². The van der Waals surface area contributed by atoms with Crippen LogP contribution in [0.4, 0.5) is 0 Å². The van der Waals surface area contributed by atoms with E-state index >= 15 is 0 Å². The van der Waals surface area contributed by atoms with Crippen LogP contribution in [0, 0.1) is 0 Å². The van der Waals surface area contributed by atoms with Crippen LogP contribution in [0.15, 0.2) is 46.8 Å². The van der Waals surface area contributed by atoms with Crippen molar-refractivity contribution in [1.82, 2.24) is 15.5 Å². The SMILES string of the molecule is CCNC(=NCc1cccc(C(=O)N2CCCCC2)c1)NCC(C)c1cccs1.I. The lowest BCUT2D eigenvalue weighted by molar-refractivity contribution is 0.0724. The first-order valence-corrected chi connectivity index (χ1v) is 11.5. The molecule has 1 aromatic heterocycles. The minimum atomic E-state index is 0. The molecule has 1 atom stereocenters. The molecule has 1 fully saturated rings. The summed E-state index contributed by atoms with van der Waals surface area (Å²) in [7, 11) is 0. The number of hydrogen-bond acceptors (Lipinski definition) is 3. The standard InChI is InChI=1S/C23H32N4OS.HI/c1-3-24-23(25-16-18(2)21-11-8-14-29-21)26-17-19-9-7-10-20(15-19)22(28)27-12-5-4-6-13-27;/h7-11,14-15,18H,3-6,12-13,16-17H2,1-2H3,(H2,24,25,26);1H. The molecule has 1 amide bonds. The lowest BCUT2D eigenvalue weighted by Crippen LogP contribution is -2.39. The van der Waals surface area contributed by atoms with Gasteiger partial charge in [0.2, 0.25) is 0 Å². The average molecular weight is 541 g/mol. The molecule has 0 radical (unpaired) electrons. The van der Waals surface area contributed by atoms with Gasteiger partial charge in [-0.3, -0.25) is 4.79 Å². The highest BCUT2D eigenvalue weighted by atomic mass is 127. The minimum Gasteiger partial charge on any atom is -0.357 e. The van der Waals surface area contributed by atoms with Gasteiger partial charge in [0.05, 0.1) is 6.54 Å². The highest BCUT2D eigenvalue weighted by Crippen LogP contribution is 2.19.